The SMILES string of the molecule is O=C1C=CC=CC=Cc2ccccc2ON=N1. The molecule has 0 saturated heterocycles. The van der Waals surface area contributed by atoms with E-state index in [1.54, 1.807) is 18.2 Å². The van der Waals surface area contributed by atoms with Gasteiger partial charge in [-0.1, -0.05) is 53.7 Å². The molecule has 0 saturated carbocycles. The molecule has 1 aromatic carbocycles. The van der Waals surface area contributed by atoms with Crippen molar-refractivity contribution in [3.63, 3.8) is 0 Å². The molecular formula is C13H10N2O2. The van der Waals surface area contributed by atoms with Crippen LogP contribution >= 0.6 is 0 Å². The van der Waals surface area contributed by atoms with E-state index < -0.39 is 5.91 Å². The molecule has 0 bridgehead atoms. The Balaban J connectivity index is 2.35. The zero-order chi connectivity index (χ0) is 11.9. The van der Waals surface area contributed by atoms with Crippen LogP contribution in [0.1, 0.15) is 5.56 Å². The number of para-hydroxylation sites is 1. The molecule has 1 aliphatic heterocycles. The predicted octanol–water partition coefficient (Wildman–Crippen LogP) is 3.10. The lowest BCUT2D eigenvalue weighted by molar-refractivity contribution is -0.114. The number of hydrogen-bond donors (Lipinski definition) is 0. The molecule has 1 heterocycles. The molecule has 17 heavy (non-hydrogen) atoms. The van der Waals surface area contributed by atoms with Crippen LogP contribution in [0.3, 0.4) is 0 Å². The molecule has 84 valence electrons. The van der Waals surface area contributed by atoms with Crippen molar-refractivity contribution in [1.82, 2.24) is 0 Å². The highest BCUT2D eigenvalue weighted by Gasteiger charge is 1.99. The van der Waals surface area contributed by atoms with Crippen LogP contribution in [-0.4, -0.2) is 5.91 Å². The minimum absolute atomic E-state index is 0.461. The van der Waals surface area contributed by atoms with Crippen molar-refractivity contribution in [3.8, 4) is 5.75 Å². The van der Waals surface area contributed by atoms with Crippen molar-refractivity contribution in [2.24, 2.45) is 10.4 Å². The third-order valence-corrected chi connectivity index (χ3v) is 2.05. The van der Waals surface area contributed by atoms with Crippen molar-refractivity contribution in [3.05, 3.63) is 60.2 Å². The van der Waals surface area contributed by atoms with Gasteiger partial charge in [-0.05, 0) is 6.07 Å². The lowest BCUT2D eigenvalue weighted by Gasteiger charge is -2.01. The van der Waals surface area contributed by atoms with Crippen molar-refractivity contribution >= 4 is 12.0 Å². The minimum Gasteiger partial charge on any atom is -0.339 e. The van der Waals surface area contributed by atoms with Crippen molar-refractivity contribution in [2.75, 3.05) is 0 Å². The first-order valence-electron chi connectivity index (χ1n) is 5.09. The smallest absolute Gasteiger partial charge is 0.291 e. The first-order valence-corrected chi connectivity index (χ1v) is 5.09. The van der Waals surface area contributed by atoms with E-state index in [0.29, 0.717) is 5.75 Å². The maximum absolute atomic E-state index is 11.1. The fourth-order valence-corrected chi connectivity index (χ4v) is 1.26. The van der Waals surface area contributed by atoms with Crippen molar-refractivity contribution < 1.29 is 9.63 Å². The van der Waals surface area contributed by atoms with Crippen LogP contribution in [0.25, 0.3) is 6.08 Å². The molecule has 1 aliphatic rings. The molecule has 0 N–H and O–H groups in total. The molecule has 4 heteroatoms. The molecular weight excluding hydrogens is 216 g/mol. The van der Waals surface area contributed by atoms with Gasteiger partial charge in [-0.25, -0.2) is 0 Å². The summed E-state index contributed by atoms with van der Waals surface area (Å²) in [6, 6.07) is 7.36. The van der Waals surface area contributed by atoms with Crippen LogP contribution < -0.4 is 4.84 Å². The first kappa shape index (κ1) is 11.0. The Labute approximate surface area is 98.6 Å². The van der Waals surface area contributed by atoms with Crippen LogP contribution in [0, 0.1) is 0 Å². The molecule has 0 aliphatic carbocycles. The first-order chi connectivity index (χ1) is 8.36. The normalized spacial score (nSPS) is 14.7. The van der Waals surface area contributed by atoms with Crippen LogP contribution in [0.2, 0.25) is 0 Å². The van der Waals surface area contributed by atoms with Gasteiger partial charge in [0, 0.05) is 16.9 Å². The summed E-state index contributed by atoms with van der Waals surface area (Å²) in [6.45, 7) is 0. The largest absolute Gasteiger partial charge is 0.339 e. The van der Waals surface area contributed by atoms with E-state index >= 15 is 0 Å². The van der Waals surface area contributed by atoms with E-state index in [9.17, 15) is 4.79 Å². The molecule has 0 radical (unpaired) electrons. The standard InChI is InChI=1S/C13H10N2O2/c16-13-10-4-2-1-3-7-11-8-5-6-9-12(11)17-15-14-13/h1-10H. The average Bonchev–Trinajstić information content (AvgIpc) is 2.33. The number of amides is 1. The summed E-state index contributed by atoms with van der Waals surface area (Å²) < 4.78 is 0. The number of carbonyl (C=O) groups excluding carboxylic acids is 1. The summed E-state index contributed by atoms with van der Waals surface area (Å²) in [5, 5.41) is 6.77. The maximum Gasteiger partial charge on any atom is 0.291 e. The van der Waals surface area contributed by atoms with E-state index in [2.05, 4.69) is 10.4 Å². The molecule has 0 aromatic heterocycles. The Bertz CT molecular complexity index is 528. The molecule has 1 amide bonds. The molecule has 1 aromatic rings. The van der Waals surface area contributed by atoms with E-state index in [-0.39, 0.29) is 0 Å². The fraction of sp³-hybridized carbons (Fsp3) is 0. The Hall–Kier alpha value is -2.49. The number of rotatable bonds is 0. The molecule has 0 fully saturated rings. The Morgan fingerprint density at radius 1 is 0.941 bits per heavy atom. The van der Waals surface area contributed by atoms with Crippen LogP contribution in [0.15, 0.2) is 65.0 Å². The van der Waals surface area contributed by atoms with Gasteiger partial charge in [-0.15, -0.1) is 0 Å². The van der Waals surface area contributed by atoms with Gasteiger partial charge < -0.3 is 4.84 Å². The van der Waals surface area contributed by atoms with Gasteiger partial charge >= 0.3 is 0 Å². The Kier molecular flexibility index (Phi) is 3.60. The van der Waals surface area contributed by atoms with Gasteiger partial charge in [0.05, 0.1) is 0 Å². The highest BCUT2D eigenvalue weighted by atomic mass is 16.6. The summed E-state index contributed by atoms with van der Waals surface area (Å²) in [5.41, 5.74) is 0.869. The van der Waals surface area contributed by atoms with Crippen LogP contribution in [0.5, 0.6) is 5.75 Å². The number of fused-ring (bicyclic) bond motifs is 1. The number of nitrogens with zero attached hydrogens (tertiary/aromatic N) is 2. The summed E-state index contributed by atoms with van der Waals surface area (Å²) in [6.07, 6.45) is 10.2. The number of benzene rings is 1. The third-order valence-electron chi connectivity index (χ3n) is 2.05. The molecule has 0 spiro atoms. The third kappa shape index (κ3) is 3.24. The minimum atomic E-state index is -0.461. The topological polar surface area (TPSA) is 51.0 Å². The number of hydrogen-bond acceptors (Lipinski definition) is 3. The van der Waals surface area contributed by atoms with Gasteiger partial charge in [0.1, 0.15) is 0 Å². The highest BCUT2D eigenvalue weighted by molar-refractivity contribution is 5.88. The summed E-state index contributed by atoms with van der Waals surface area (Å²) in [5.74, 6) is 0.0925. The van der Waals surface area contributed by atoms with E-state index in [1.807, 2.05) is 36.4 Å². The molecule has 4 nitrogen and oxygen atoms in total. The van der Waals surface area contributed by atoms with Gasteiger partial charge in [-0.2, -0.15) is 0 Å². The second-order valence-electron chi connectivity index (χ2n) is 3.25. The van der Waals surface area contributed by atoms with Crippen LogP contribution in [0.4, 0.5) is 0 Å². The summed E-state index contributed by atoms with van der Waals surface area (Å²) >= 11 is 0. The van der Waals surface area contributed by atoms with E-state index in [4.69, 9.17) is 4.84 Å². The zero-order valence-corrected chi connectivity index (χ0v) is 8.98. The molecule has 0 atom stereocenters. The van der Waals surface area contributed by atoms with Gasteiger partial charge in [0.2, 0.25) is 0 Å². The van der Waals surface area contributed by atoms with Gasteiger partial charge in [0.15, 0.2) is 5.75 Å². The summed E-state index contributed by atoms with van der Waals surface area (Å²) in [7, 11) is 0. The van der Waals surface area contributed by atoms with Gasteiger partial charge in [-0.3, -0.25) is 4.79 Å². The molecule has 0 unspecified atom stereocenters. The Morgan fingerprint density at radius 2 is 1.71 bits per heavy atom. The molecule has 2 rings (SSSR count). The zero-order valence-electron chi connectivity index (χ0n) is 8.98. The maximum atomic E-state index is 11.1. The average molecular weight is 226 g/mol. The quantitative estimate of drug-likeness (QED) is 0.682. The highest BCUT2D eigenvalue weighted by Crippen LogP contribution is 2.19. The number of allylic oxidation sites excluding steroid dienone is 4. The lowest BCUT2D eigenvalue weighted by atomic mass is 10.2. The second-order valence-corrected chi connectivity index (χ2v) is 3.25. The van der Waals surface area contributed by atoms with E-state index in [0.717, 1.165) is 5.56 Å². The summed E-state index contributed by atoms with van der Waals surface area (Å²) in [4.78, 5) is 16.2. The monoisotopic (exact) mass is 226 g/mol. The van der Waals surface area contributed by atoms with Crippen molar-refractivity contribution in [2.45, 2.75) is 0 Å². The number of carbonyl (C=O) groups is 1. The Morgan fingerprint density at radius 3 is 2.59 bits per heavy atom. The van der Waals surface area contributed by atoms with Gasteiger partial charge in [0.25, 0.3) is 5.91 Å². The van der Waals surface area contributed by atoms with E-state index in [1.165, 1.54) is 6.08 Å². The second kappa shape index (κ2) is 5.55. The lowest BCUT2D eigenvalue weighted by Crippen LogP contribution is -1.89. The fourth-order valence-electron chi connectivity index (χ4n) is 1.26. The predicted molar refractivity (Wildman–Crippen MR) is 64.2 cm³/mol. The van der Waals surface area contributed by atoms with Crippen LogP contribution in [-0.2, 0) is 4.79 Å². The van der Waals surface area contributed by atoms with Crippen molar-refractivity contribution in [1.29, 1.82) is 0 Å².